The van der Waals surface area contributed by atoms with E-state index in [4.69, 9.17) is 4.74 Å². The van der Waals surface area contributed by atoms with Gasteiger partial charge < -0.3 is 10.1 Å². The predicted molar refractivity (Wildman–Crippen MR) is 88.6 cm³/mol. The van der Waals surface area contributed by atoms with Crippen LogP contribution in [0.4, 0.5) is 0 Å². The van der Waals surface area contributed by atoms with Crippen molar-refractivity contribution >= 4 is 0 Å². The van der Waals surface area contributed by atoms with Crippen molar-refractivity contribution in [2.75, 3.05) is 32.8 Å². The Labute approximate surface area is 129 Å². The van der Waals surface area contributed by atoms with Crippen LogP contribution < -0.4 is 5.32 Å². The van der Waals surface area contributed by atoms with Gasteiger partial charge in [0.15, 0.2) is 0 Å². The number of nitrogens with zero attached hydrogens (tertiary/aromatic N) is 1. The first kappa shape index (κ1) is 16.5. The highest BCUT2D eigenvalue weighted by Crippen LogP contribution is 2.31. The summed E-state index contributed by atoms with van der Waals surface area (Å²) >= 11 is 0. The molecule has 1 N–H and O–H groups in total. The zero-order chi connectivity index (χ0) is 15.1. The van der Waals surface area contributed by atoms with E-state index in [1.165, 1.54) is 12.0 Å². The number of piperazine rings is 1. The lowest BCUT2D eigenvalue weighted by Gasteiger charge is -2.48. The van der Waals surface area contributed by atoms with Gasteiger partial charge in [-0.25, -0.2) is 0 Å². The molecule has 0 bridgehead atoms. The Kier molecular flexibility index (Phi) is 6.22. The van der Waals surface area contributed by atoms with Crippen molar-refractivity contribution in [3.63, 3.8) is 0 Å². The molecule has 2 atom stereocenters. The standard InChI is InChI=1S/C18H30N2O/c1-4-17-14-20(12-9-13-21-5-2)18(3,15-19-17)16-10-7-6-8-11-16/h6-8,10-11,17,19H,4-5,9,12-15H2,1-3H3. The number of nitrogens with one attached hydrogen (secondary N) is 1. The summed E-state index contributed by atoms with van der Waals surface area (Å²) in [4.78, 5) is 2.64. The summed E-state index contributed by atoms with van der Waals surface area (Å²) in [6, 6.07) is 11.5. The molecule has 2 rings (SSSR count). The van der Waals surface area contributed by atoms with E-state index in [0.29, 0.717) is 6.04 Å². The summed E-state index contributed by atoms with van der Waals surface area (Å²) in [7, 11) is 0. The predicted octanol–water partition coefficient (Wildman–Crippen LogP) is 3.01. The maximum atomic E-state index is 5.51. The molecule has 3 nitrogen and oxygen atoms in total. The summed E-state index contributed by atoms with van der Waals surface area (Å²) in [6.07, 6.45) is 2.29. The molecular weight excluding hydrogens is 260 g/mol. The van der Waals surface area contributed by atoms with Crippen LogP contribution in [0.2, 0.25) is 0 Å². The van der Waals surface area contributed by atoms with Crippen molar-refractivity contribution in [3.8, 4) is 0 Å². The van der Waals surface area contributed by atoms with E-state index in [1.807, 2.05) is 0 Å². The topological polar surface area (TPSA) is 24.5 Å². The van der Waals surface area contributed by atoms with Crippen LogP contribution in [0.5, 0.6) is 0 Å². The van der Waals surface area contributed by atoms with Crippen molar-refractivity contribution in [2.24, 2.45) is 0 Å². The Morgan fingerprint density at radius 2 is 2.05 bits per heavy atom. The average Bonchev–Trinajstić information content (AvgIpc) is 2.54. The molecule has 3 heteroatoms. The Bertz CT molecular complexity index is 409. The first-order chi connectivity index (χ1) is 10.2. The molecule has 0 radical (unpaired) electrons. The molecule has 0 aliphatic carbocycles. The van der Waals surface area contributed by atoms with Gasteiger partial charge in [-0.05, 0) is 32.3 Å². The molecule has 1 saturated heterocycles. The average molecular weight is 290 g/mol. The highest BCUT2D eigenvalue weighted by atomic mass is 16.5. The van der Waals surface area contributed by atoms with Gasteiger partial charge in [0.05, 0.1) is 5.54 Å². The Morgan fingerprint density at radius 3 is 2.71 bits per heavy atom. The van der Waals surface area contributed by atoms with Crippen LogP contribution in [0.25, 0.3) is 0 Å². The molecule has 1 aromatic rings. The minimum Gasteiger partial charge on any atom is -0.382 e. The molecule has 0 aromatic heterocycles. The zero-order valence-electron chi connectivity index (χ0n) is 13.8. The van der Waals surface area contributed by atoms with Gasteiger partial charge in [-0.1, -0.05) is 37.3 Å². The van der Waals surface area contributed by atoms with E-state index < -0.39 is 0 Å². The minimum atomic E-state index is 0.0825. The first-order valence-corrected chi connectivity index (χ1v) is 8.32. The van der Waals surface area contributed by atoms with E-state index in [2.05, 4.69) is 61.3 Å². The van der Waals surface area contributed by atoms with Crippen LogP contribution in [-0.4, -0.2) is 43.8 Å². The van der Waals surface area contributed by atoms with Gasteiger partial charge in [-0.2, -0.15) is 0 Å². The number of rotatable bonds is 7. The lowest BCUT2D eigenvalue weighted by molar-refractivity contribution is 0.0373. The van der Waals surface area contributed by atoms with Crippen LogP contribution in [0.1, 0.15) is 39.2 Å². The Hall–Kier alpha value is -0.900. The molecule has 1 fully saturated rings. The normalized spacial score (nSPS) is 26.9. The molecule has 1 heterocycles. The zero-order valence-corrected chi connectivity index (χ0v) is 13.8. The lowest BCUT2D eigenvalue weighted by Crippen LogP contribution is -2.61. The van der Waals surface area contributed by atoms with Crippen LogP contribution >= 0.6 is 0 Å². The minimum absolute atomic E-state index is 0.0825. The largest absolute Gasteiger partial charge is 0.382 e. The second-order valence-electron chi connectivity index (χ2n) is 6.12. The van der Waals surface area contributed by atoms with Gasteiger partial charge in [-0.15, -0.1) is 0 Å². The summed E-state index contributed by atoms with van der Waals surface area (Å²) in [5.41, 5.74) is 1.49. The van der Waals surface area contributed by atoms with E-state index in [-0.39, 0.29) is 5.54 Å². The number of ether oxygens (including phenoxy) is 1. The number of hydrogen-bond donors (Lipinski definition) is 1. The monoisotopic (exact) mass is 290 g/mol. The fourth-order valence-corrected chi connectivity index (χ4v) is 3.18. The lowest BCUT2D eigenvalue weighted by atomic mass is 9.86. The third-order valence-corrected chi connectivity index (χ3v) is 4.68. The maximum Gasteiger partial charge on any atom is 0.0558 e. The quantitative estimate of drug-likeness (QED) is 0.781. The van der Waals surface area contributed by atoms with E-state index in [9.17, 15) is 0 Å². The van der Waals surface area contributed by atoms with Crippen molar-refractivity contribution in [1.29, 1.82) is 0 Å². The molecule has 0 amide bonds. The smallest absolute Gasteiger partial charge is 0.0558 e. The molecule has 1 aliphatic heterocycles. The third kappa shape index (κ3) is 4.06. The Balaban J connectivity index is 2.08. The van der Waals surface area contributed by atoms with E-state index in [0.717, 1.165) is 39.3 Å². The van der Waals surface area contributed by atoms with Gasteiger partial charge in [-0.3, -0.25) is 4.90 Å². The molecule has 118 valence electrons. The van der Waals surface area contributed by atoms with Crippen molar-refractivity contribution < 1.29 is 4.74 Å². The van der Waals surface area contributed by atoms with Crippen molar-refractivity contribution in [1.82, 2.24) is 10.2 Å². The highest BCUT2D eigenvalue weighted by molar-refractivity contribution is 5.25. The molecule has 1 aromatic carbocycles. The van der Waals surface area contributed by atoms with E-state index >= 15 is 0 Å². The van der Waals surface area contributed by atoms with Crippen LogP contribution in [0.3, 0.4) is 0 Å². The molecule has 2 unspecified atom stereocenters. The molecule has 0 spiro atoms. The van der Waals surface area contributed by atoms with Crippen LogP contribution in [0, 0.1) is 0 Å². The van der Waals surface area contributed by atoms with Crippen molar-refractivity contribution in [3.05, 3.63) is 35.9 Å². The van der Waals surface area contributed by atoms with Gasteiger partial charge in [0.2, 0.25) is 0 Å². The Morgan fingerprint density at radius 1 is 1.29 bits per heavy atom. The summed E-state index contributed by atoms with van der Waals surface area (Å²) in [5.74, 6) is 0. The fourth-order valence-electron chi connectivity index (χ4n) is 3.18. The first-order valence-electron chi connectivity index (χ1n) is 8.32. The van der Waals surface area contributed by atoms with Gasteiger partial charge in [0.25, 0.3) is 0 Å². The van der Waals surface area contributed by atoms with Gasteiger partial charge in [0.1, 0.15) is 0 Å². The molecule has 21 heavy (non-hydrogen) atoms. The highest BCUT2D eigenvalue weighted by Gasteiger charge is 2.38. The number of benzene rings is 1. The van der Waals surface area contributed by atoms with Crippen LogP contribution in [-0.2, 0) is 10.3 Å². The second kappa shape index (κ2) is 7.92. The molecule has 1 aliphatic rings. The summed E-state index contributed by atoms with van der Waals surface area (Å²) in [6.45, 7) is 11.6. The molecule has 0 saturated carbocycles. The maximum absolute atomic E-state index is 5.51. The van der Waals surface area contributed by atoms with E-state index in [1.54, 1.807) is 0 Å². The van der Waals surface area contributed by atoms with Crippen molar-refractivity contribution in [2.45, 2.75) is 45.2 Å². The summed E-state index contributed by atoms with van der Waals surface area (Å²) < 4.78 is 5.51. The third-order valence-electron chi connectivity index (χ3n) is 4.68. The van der Waals surface area contributed by atoms with Crippen LogP contribution in [0.15, 0.2) is 30.3 Å². The fraction of sp³-hybridized carbons (Fsp3) is 0.667. The summed E-state index contributed by atoms with van der Waals surface area (Å²) in [5, 5.41) is 3.72. The SMILES string of the molecule is CCOCCCN1CC(CC)NCC1(C)c1ccccc1. The molecular formula is C18H30N2O. The second-order valence-corrected chi connectivity index (χ2v) is 6.12. The van der Waals surface area contributed by atoms with Gasteiger partial charge in [0, 0.05) is 38.9 Å². The number of hydrogen-bond acceptors (Lipinski definition) is 3. The van der Waals surface area contributed by atoms with Gasteiger partial charge >= 0.3 is 0 Å².